The Labute approximate surface area is 163 Å². The number of amides is 2. The maximum absolute atomic E-state index is 12.2. The van der Waals surface area contributed by atoms with Crippen LogP contribution in [-0.4, -0.2) is 56.6 Å². The fourth-order valence-corrected chi connectivity index (χ4v) is 3.36. The highest BCUT2D eigenvalue weighted by molar-refractivity contribution is 7.10. The standard InChI is InChI=1S/C20H23N3O3S/c1-22(20(25)9-8-18-3-2-14-27-18)15-19(24)21-16-4-6-17(7-5-16)23-10-12-26-13-11-23/h2-9,14H,10-13,15H2,1H3,(H,21,24)/b9-8-. The summed E-state index contributed by atoms with van der Waals surface area (Å²) in [5, 5.41) is 4.78. The number of carbonyl (C=O) groups excluding carboxylic acids is 2. The number of likely N-dealkylation sites (N-methyl/N-ethyl adjacent to an activating group) is 1. The van der Waals surface area contributed by atoms with Crippen molar-refractivity contribution in [1.82, 2.24) is 4.90 Å². The topological polar surface area (TPSA) is 61.9 Å². The number of ether oxygens (including phenoxy) is 1. The van der Waals surface area contributed by atoms with Crippen molar-refractivity contribution in [3.63, 3.8) is 0 Å². The van der Waals surface area contributed by atoms with E-state index in [1.165, 1.54) is 11.0 Å². The van der Waals surface area contributed by atoms with Gasteiger partial charge in [-0.2, -0.15) is 0 Å². The number of anilines is 2. The third-order valence-electron chi connectivity index (χ3n) is 4.22. The molecule has 0 spiro atoms. The summed E-state index contributed by atoms with van der Waals surface area (Å²) in [5.41, 5.74) is 1.83. The molecule has 0 saturated carbocycles. The predicted octanol–water partition coefficient (Wildman–Crippen LogP) is 2.70. The van der Waals surface area contributed by atoms with Crippen molar-refractivity contribution in [2.24, 2.45) is 0 Å². The molecule has 142 valence electrons. The van der Waals surface area contributed by atoms with Crippen LogP contribution in [0.5, 0.6) is 0 Å². The number of morpholine rings is 1. The minimum absolute atomic E-state index is 0.00116. The third kappa shape index (κ3) is 5.67. The average molecular weight is 385 g/mol. The molecule has 1 N–H and O–H groups in total. The van der Waals surface area contributed by atoms with E-state index >= 15 is 0 Å². The lowest BCUT2D eigenvalue weighted by Gasteiger charge is -2.28. The van der Waals surface area contributed by atoms with Gasteiger partial charge in [0.05, 0.1) is 19.8 Å². The third-order valence-corrected chi connectivity index (χ3v) is 5.06. The number of hydrogen-bond acceptors (Lipinski definition) is 5. The molecule has 1 aliphatic heterocycles. The maximum Gasteiger partial charge on any atom is 0.246 e. The number of thiophene rings is 1. The lowest BCUT2D eigenvalue weighted by Crippen LogP contribution is -2.36. The molecule has 1 fully saturated rings. The molecule has 1 aliphatic rings. The lowest BCUT2D eigenvalue weighted by molar-refractivity contribution is -0.129. The van der Waals surface area contributed by atoms with E-state index in [0.717, 1.165) is 36.9 Å². The van der Waals surface area contributed by atoms with Crippen molar-refractivity contribution < 1.29 is 14.3 Å². The van der Waals surface area contributed by atoms with E-state index in [2.05, 4.69) is 10.2 Å². The van der Waals surface area contributed by atoms with Crippen LogP contribution in [0, 0.1) is 0 Å². The van der Waals surface area contributed by atoms with Gasteiger partial charge >= 0.3 is 0 Å². The van der Waals surface area contributed by atoms with E-state index in [1.54, 1.807) is 24.5 Å². The van der Waals surface area contributed by atoms with Crippen LogP contribution in [0.4, 0.5) is 11.4 Å². The first kappa shape index (κ1) is 19.1. The second kappa shape index (κ2) is 9.34. The Hall–Kier alpha value is -2.64. The number of rotatable bonds is 6. The average Bonchev–Trinajstić information content (AvgIpc) is 3.21. The second-order valence-corrected chi connectivity index (χ2v) is 7.22. The van der Waals surface area contributed by atoms with Crippen molar-refractivity contribution in [1.29, 1.82) is 0 Å². The van der Waals surface area contributed by atoms with E-state index in [-0.39, 0.29) is 18.4 Å². The molecular formula is C20H23N3O3S. The molecule has 2 heterocycles. The minimum Gasteiger partial charge on any atom is -0.378 e. The Kier molecular flexibility index (Phi) is 6.62. The van der Waals surface area contributed by atoms with Crippen molar-refractivity contribution in [2.45, 2.75) is 0 Å². The van der Waals surface area contributed by atoms with E-state index < -0.39 is 0 Å². The maximum atomic E-state index is 12.2. The molecule has 2 amide bonds. The summed E-state index contributed by atoms with van der Waals surface area (Å²) < 4.78 is 5.36. The summed E-state index contributed by atoms with van der Waals surface area (Å²) in [5.74, 6) is -0.435. The number of carbonyl (C=O) groups is 2. The number of nitrogens with one attached hydrogen (secondary N) is 1. The SMILES string of the molecule is CN(CC(=O)Nc1ccc(N2CCOCC2)cc1)C(=O)/C=C\c1cccs1. The van der Waals surface area contributed by atoms with E-state index in [1.807, 2.05) is 41.8 Å². The van der Waals surface area contributed by atoms with Gasteiger partial charge in [0, 0.05) is 42.5 Å². The quantitative estimate of drug-likeness (QED) is 0.777. The molecule has 1 aromatic heterocycles. The van der Waals surface area contributed by atoms with Crippen LogP contribution in [-0.2, 0) is 14.3 Å². The minimum atomic E-state index is -0.227. The lowest BCUT2D eigenvalue weighted by atomic mass is 10.2. The summed E-state index contributed by atoms with van der Waals surface area (Å²) in [4.78, 5) is 28.9. The monoisotopic (exact) mass is 385 g/mol. The summed E-state index contributed by atoms with van der Waals surface area (Å²) in [6.45, 7) is 3.22. The molecule has 6 nitrogen and oxygen atoms in total. The van der Waals surface area contributed by atoms with Gasteiger partial charge in [0.25, 0.3) is 0 Å². The Morgan fingerprint density at radius 1 is 1.22 bits per heavy atom. The Morgan fingerprint density at radius 2 is 1.96 bits per heavy atom. The summed E-state index contributed by atoms with van der Waals surface area (Å²) >= 11 is 1.56. The van der Waals surface area contributed by atoms with Crippen LogP contribution in [0.25, 0.3) is 6.08 Å². The first-order chi connectivity index (χ1) is 13.1. The van der Waals surface area contributed by atoms with Gasteiger partial charge in [-0.1, -0.05) is 6.07 Å². The summed E-state index contributed by atoms with van der Waals surface area (Å²) in [6, 6.07) is 11.6. The summed E-state index contributed by atoms with van der Waals surface area (Å²) in [6.07, 6.45) is 3.24. The first-order valence-corrected chi connectivity index (χ1v) is 9.69. The number of nitrogens with zero attached hydrogens (tertiary/aromatic N) is 2. The van der Waals surface area contributed by atoms with Gasteiger partial charge in [-0.15, -0.1) is 11.3 Å². The number of hydrogen-bond donors (Lipinski definition) is 1. The van der Waals surface area contributed by atoms with Gasteiger partial charge in [-0.25, -0.2) is 0 Å². The first-order valence-electron chi connectivity index (χ1n) is 8.81. The van der Waals surface area contributed by atoms with Gasteiger partial charge < -0.3 is 19.9 Å². The van der Waals surface area contributed by atoms with Crippen LogP contribution < -0.4 is 10.2 Å². The van der Waals surface area contributed by atoms with Crippen LogP contribution in [0.1, 0.15) is 4.88 Å². The van der Waals surface area contributed by atoms with Crippen molar-refractivity contribution >= 4 is 40.6 Å². The van der Waals surface area contributed by atoms with Crippen molar-refractivity contribution in [2.75, 3.05) is 50.1 Å². The van der Waals surface area contributed by atoms with Gasteiger partial charge in [0.2, 0.25) is 11.8 Å². The van der Waals surface area contributed by atoms with Gasteiger partial charge in [0.1, 0.15) is 0 Å². The highest BCUT2D eigenvalue weighted by Crippen LogP contribution is 2.19. The highest BCUT2D eigenvalue weighted by Gasteiger charge is 2.13. The smallest absolute Gasteiger partial charge is 0.246 e. The molecule has 0 atom stereocenters. The zero-order chi connectivity index (χ0) is 19.1. The molecule has 0 aliphatic carbocycles. The molecule has 0 unspecified atom stereocenters. The van der Waals surface area contributed by atoms with Crippen LogP contribution in [0.2, 0.25) is 0 Å². The number of benzene rings is 1. The molecule has 0 bridgehead atoms. The molecule has 2 aromatic rings. The van der Waals surface area contributed by atoms with Gasteiger partial charge in [0.15, 0.2) is 0 Å². The normalized spacial score (nSPS) is 14.3. The Balaban J connectivity index is 1.48. The second-order valence-electron chi connectivity index (χ2n) is 6.24. The Morgan fingerprint density at radius 3 is 2.63 bits per heavy atom. The molecule has 1 aromatic carbocycles. The fraction of sp³-hybridized carbons (Fsp3) is 0.300. The molecule has 3 rings (SSSR count). The summed E-state index contributed by atoms with van der Waals surface area (Å²) in [7, 11) is 1.61. The van der Waals surface area contributed by atoms with Gasteiger partial charge in [-0.3, -0.25) is 9.59 Å². The zero-order valence-electron chi connectivity index (χ0n) is 15.3. The van der Waals surface area contributed by atoms with Gasteiger partial charge in [-0.05, 0) is 41.8 Å². The fourth-order valence-electron chi connectivity index (χ4n) is 2.74. The zero-order valence-corrected chi connectivity index (χ0v) is 16.1. The molecular weight excluding hydrogens is 362 g/mol. The van der Waals surface area contributed by atoms with E-state index in [0.29, 0.717) is 5.69 Å². The van der Waals surface area contributed by atoms with Crippen LogP contribution >= 0.6 is 11.3 Å². The van der Waals surface area contributed by atoms with Crippen molar-refractivity contribution in [3.8, 4) is 0 Å². The van der Waals surface area contributed by atoms with E-state index in [4.69, 9.17) is 4.74 Å². The predicted molar refractivity (Wildman–Crippen MR) is 109 cm³/mol. The van der Waals surface area contributed by atoms with E-state index in [9.17, 15) is 9.59 Å². The highest BCUT2D eigenvalue weighted by atomic mass is 32.1. The molecule has 7 heteroatoms. The Bertz CT molecular complexity index is 781. The van der Waals surface area contributed by atoms with Crippen LogP contribution in [0.3, 0.4) is 0 Å². The van der Waals surface area contributed by atoms with Crippen molar-refractivity contribution in [3.05, 3.63) is 52.7 Å². The van der Waals surface area contributed by atoms with Crippen LogP contribution in [0.15, 0.2) is 47.9 Å². The molecule has 0 radical (unpaired) electrons. The molecule has 27 heavy (non-hydrogen) atoms. The molecule has 1 saturated heterocycles. The largest absolute Gasteiger partial charge is 0.378 e.